The van der Waals surface area contributed by atoms with Gasteiger partial charge in [0, 0.05) is 17.9 Å². The van der Waals surface area contributed by atoms with Crippen molar-refractivity contribution in [3.05, 3.63) is 78.1 Å². The minimum absolute atomic E-state index is 0.654. The lowest BCUT2D eigenvalue weighted by molar-refractivity contribution is 0.731. The number of aromatic nitrogens is 5. The van der Waals surface area contributed by atoms with Crippen molar-refractivity contribution in [2.24, 2.45) is 0 Å². The number of hydrogen-bond donors (Lipinski definition) is 0. The van der Waals surface area contributed by atoms with Gasteiger partial charge in [-0.25, -0.2) is 9.97 Å². The molecule has 28 heavy (non-hydrogen) atoms. The summed E-state index contributed by atoms with van der Waals surface area (Å²) in [5.74, 6) is 1.54. The molecule has 6 heteroatoms. The van der Waals surface area contributed by atoms with Gasteiger partial charge in [0.05, 0.1) is 22.4 Å². The van der Waals surface area contributed by atoms with Crippen molar-refractivity contribution < 1.29 is 0 Å². The van der Waals surface area contributed by atoms with Crippen molar-refractivity contribution in [3.63, 3.8) is 0 Å². The Morgan fingerprint density at radius 2 is 1.79 bits per heavy atom. The van der Waals surface area contributed by atoms with E-state index in [-0.39, 0.29) is 0 Å². The minimum Gasteiger partial charge on any atom is -0.298 e. The topological polar surface area (TPSA) is 56.5 Å². The molecule has 2 aromatic heterocycles. The average molecular weight is 388 g/mol. The van der Waals surface area contributed by atoms with Crippen LogP contribution in [-0.2, 0) is 12.3 Å². The fourth-order valence-corrected chi connectivity index (χ4v) is 4.04. The van der Waals surface area contributed by atoms with Crippen LogP contribution in [-0.4, -0.2) is 24.7 Å². The first-order chi connectivity index (χ1) is 13.7. The summed E-state index contributed by atoms with van der Waals surface area (Å²) in [4.78, 5) is 9.46. The summed E-state index contributed by atoms with van der Waals surface area (Å²) < 4.78 is 2.09. The molecule has 2 aromatic carbocycles. The molecular formula is C22H21N5S. The zero-order chi connectivity index (χ0) is 19.5. The van der Waals surface area contributed by atoms with Gasteiger partial charge in [-0.1, -0.05) is 53.7 Å². The molecule has 2 heterocycles. The van der Waals surface area contributed by atoms with Crippen LogP contribution in [0.4, 0.5) is 0 Å². The summed E-state index contributed by atoms with van der Waals surface area (Å²) in [6.07, 6.45) is 1.87. The Morgan fingerprint density at radius 1 is 1.00 bits per heavy atom. The lowest BCUT2D eigenvalue weighted by atomic mass is 10.1. The normalized spacial score (nSPS) is 11.1. The zero-order valence-electron chi connectivity index (χ0n) is 16.0. The first kappa shape index (κ1) is 18.4. The van der Waals surface area contributed by atoms with E-state index in [1.54, 1.807) is 11.8 Å². The predicted octanol–water partition coefficient (Wildman–Crippen LogP) is 4.98. The van der Waals surface area contributed by atoms with Crippen molar-refractivity contribution in [2.45, 2.75) is 31.3 Å². The number of hydrogen-bond acceptors (Lipinski definition) is 5. The second-order valence-corrected chi connectivity index (χ2v) is 7.55. The molecule has 0 aliphatic carbocycles. The molecule has 0 aliphatic rings. The standard InChI is InChI=1S/C22H21N5S/c1-4-12-27-21(17-9-7-8-15(2)13-17)25-26-22(27)28-14-20-16(3)23-18-10-5-6-11-19(18)24-20/h4-11,13H,1,12,14H2,2-3H3. The summed E-state index contributed by atoms with van der Waals surface area (Å²) >= 11 is 1.62. The van der Waals surface area contributed by atoms with Crippen molar-refractivity contribution >= 4 is 22.8 Å². The Morgan fingerprint density at radius 3 is 2.54 bits per heavy atom. The van der Waals surface area contributed by atoms with Gasteiger partial charge in [0.2, 0.25) is 0 Å². The second-order valence-electron chi connectivity index (χ2n) is 6.61. The molecule has 0 atom stereocenters. The van der Waals surface area contributed by atoms with Gasteiger partial charge >= 0.3 is 0 Å². The summed E-state index contributed by atoms with van der Waals surface area (Å²) in [5, 5.41) is 9.72. The maximum Gasteiger partial charge on any atom is 0.192 e. The van der Waals surface area contributed by atoms with E-state index < -0.39 is 0 Å². The number of nitrogens with zero attached hydrogens (tertiary/aromatic N) is 5. The van der Waals surface area contributed by atoms with E-state index in [9.17, 15) is 0 Å². The van der Waals surface area contributed by atoms with Crippen LogP contribution in [0, 0.1) is 13.8 Å². The van der Waals surface area contributed by atoms with Crippen LogP contribution >= 0.6 is 11.8 Å². The lowest BCUT2D eigenvalue weighted by Gasteiger charge is -2.09. The maximum atomic E-state index is 4.78. The maximum absolute atomic E-state index is 4.78. The Bertz CT molecular complexity index is 1150. The summed E-state index contributed by atoms with van der Waals surface area (Å²) in [6.45, 7) is 8.62. The first-order valence-corrected chi connectivity index (χ1v) is 10.1. The molecule has 0 spiro atoms. The highest BCUT2D eigenvalue weighted by Gasteiger charge is 2.15. The molecule has 0 fully saturated rings. The monoisotopic (exact) mass is 387 g/mol. The number of thioether (sulfide) groups is 1. The molecule has 140 valence electrons. The van der Waals surface area contributed by atoms with E-state index in [0.717, 1.165) is 39.0 Å². The fourth-order valence-electron chi connectivity index (χ4n) is 3.08. The molecule has 4 aromatic rings. The van der Waals surface area contributed by atoms with Gasteiger partial charge in [-0.2, -0.15) is 0 Å². The molecule has 0 saturated carbocycles. The van der Waals surface area contributed by atoms with Gasteiger partial charge in [-0.05, 0) is 32.0 Å². The van der Waals surface area contributed by atoms with Crippen LogP contribution in [0.2, 0.25) is 0 Å². The molecule has 0 N–H and O–H groups in total. The fraction of sp³-hybridized carbons (Fsp3) is 0.182. The second kappa shape index (κ2) is 7.94. The molecule has 0 aliphatic heterocycles. The van der Waals surface area contributed by atoms with Crippen LogP contribution in [0.1, 0.15) is 17.0 Å². The van der Waals surface area contributed by atoms with Crippen molar-refractivity contribution in [2.75, 3.05) is 0 Å². The minimum atomic E-state index is 0.654. The Balaban J connectivity index is 1.63. The molecule has 5 nitrogen and oxygen atoms in total. The Labute approximate surface area is 168 Å². The van der Waals surface area contributed by atoms with E-state index >= 15 is 0 Å². The Hall–Kier alpha value is -2.99. The number of allylic oxidation sites excluding steroid dienone is 1. The molecular weight excluding hydrogens is 366 g/mol. The van der Waals surface area contributed by atoms with E-state index in [2.05, 4.69) is 51.5 Å². The number of para-hydroxylation sites is 2. The smallest absolute Gasteiger partial charge is 0.192 e. The van der Waals surface area contributed by atoms with Crippen LogP contribution in [0.15, 0.2) is 66.3 Å². The third-order valence-corrected chi connectivity index (χ3v) is 5.46. The molecule has 0 radical (unpaired) electrons. The Kier molecular flexibility index (Phi) is 5.21. The van der Waals surface area contributed by atoms with Crippen molar-refractivity contribution in [3.8, 4) is 11.4 Å². The molecule has 0 unspecified atom stereocenters. The third-order valence-electron chi connectivity index (χ3n) is 4.49. The van der Waals surface area contributed by atoms with Gasteiger partial charge in [0.1, 0.15) is 0 Å². The van der Waals surface area contributed by atoms with Gasteiger partial charge < -0.3 is 0 Å². The third kappa shape index (κ3) is 3.68. The van der Waals surface area contributed by atoms with E-state index in [1.165, 1.54) is 5.56 Å². The van der Waals surface area contributed by atoms with Gasteiger partial charge in [-0.3, -0.25) is 4.57 Å². The number of aryl methyl sites for hydroxylation is 2. The molecule has 0 bridgehead atoms. The lowest BCUT2D eigenvalue weighted by Crippen LogP contribution is -2.02. The summed E-state index contributed by atoms with van der Waals surface area (Å²) in [7, 11) is 0. The quantitative estimate of drug-likeness (QED) is 0.345. The van der Waals surface area contributed by atoms with E-state index in [0.29, 0.717) is 12.3 Å². The number of rotatable bonds is 6. The predicted molar refractivity (Wildman–Crippen MR) is 114 cm³/mol. The molecule has 0 saturated heterocycles. The van der Waals surface area contributed by atoms with Gasteiger partial charge in [-0.15, -0.1) is 16.8 Å². The van der Waals surface area contributed by atoms with Gasteiger partial charge in [0.25, 0.3) is 0 Å². The van der Waals surface area contributed by atoms with Gasteiger partial charge in [0.15, 0.2) is 11.0 Å². The first-order valence-electron chi connectivity index (χ1n) is 9.12. The van der Waals surface area contributed by atoms with Crippen LogP contribution in [0.5, 0.6) is 0 Å². The SMILES string of the molecule is C=CCn1c(SCc2nc3ccccc3nc2C)nnc1-c1cccc(C)c1. The van der Waals surface area contributed by atoms with E-state index in [4.69, 9.17) is 4.98 Å². The van der Waals surface area contributed by atoms with Crippen LogP contribution in [0.3, 0.4) is 0 Å². The highest BCUT2D eigenvalue weighted by atomic mass is 32.2. The average Bonchev–Trinajstić information content (AvgIpc) is 3.09. The van der Waals surface area contributed by atoms with Crippen LogP contribution in [0.25, 0.3) is 22.4 Å². The van der Waals surface area contributed by atoms with Crippen molar-refractivity contribution in [1.82, 2.24) is 24.7 Å². The highest BCUT2D eigenvalue weighted by Crippen LogP contribution is 2.27. The highest BCUT2D eigenvalue weighted by molar-refractivity contribution is 7.98. The number of fused-ring (bicyclic) bond motifs is 1. The number of benzene rings is 2. The van der Waals surface area contributed by atoms with Crippen LogP contribution < -0.4 is 0 Å². The summed E-state index contributed by atoms with van der Waals surface area (Å²) in [5.41, 5.74) is 6.00. The van der Waals surface area contributed by atoms with Crippen molar-refractivity contribution in [1.29, 1.82) is 0 Å². The largest absolute Gasteiger partial charge is 0.298 e. The molecule has 0 amide bonds. The molecule has 4 rings (SSSR count). The van der Waals surface area contributed by atoms with E-state index in [1.807, 2.05) is 43.3 Å². The summed E-state index contributed by atoms with van der Waals surface area (Å²) in [6, 6.07) is 16.2. The zero-order valence-corrected chi connectivity index (χ0v) is 16.8.